The molecule has 0 fully saturated rings. The van der Waals surface area contributed by atoms with E-state index >= 15 is 0 Å². The van der Waals surface area contributed by atoms with Crippen LogP contribution in [0.1, 0.15) is 54.7 Å². The third-order valence-electron chi connectivity index (χ3n) is 5.10. The maximum Gasteiger partial charge on any atom is 0.329 e. The van der Waals surface area contributed by atoms with Crippen LogP contribution in [0, 0.1) is 12.8 Å². The SMILES string of the molecule is CCc1cccc(CC)c1NC(=O)COC(=O)[C@@H](NC(=O)c1cccc(C)c1)C(C)C. The van der Waals surface area contributed by atoms with Crippen molar-refractivity contribution < 1.29 is 19.1 Å². The second kappa shape index (κ2) is 11.3. The maximum atomic E-state index is 12.6. The van der Waals surface area contributed by atoms with Crippen LogP contribution in [0.5, 0.6) is 0 Å². The van der Waals surface area contributed by atoms with Crippen LogP contribution in [0.4, 0.5) is 5.69 Å². The van der Waals surface area contributed by atoms with E-state index in [1.165, 1.54) is 0 Å². The van der Waals surface area contributed by atoms with Crippen molar-refractivity contribution in [1.29, 1.82) is 0 Å². The van der Waals surface area contributed by atoms with Gasteiger partial charge in [0.1, 0.15) is 6.04 Å². The Bertz CT molecular complexity index is 915. The van der Waals surface area contributed by atoms with E-state index in [2.05, 4.69) is 10.6 Å². The molecule has 0 saturated carbocycles. The second-order valence-electron chi connectivity index (χ2n) is 7.88. The topological polar surface area (TPSA) is 84.5 Å². The first-order chi connectivity index (χ1) is 14.8. The first-order valence-electron chi connectivity index (χ1n) is 10.7. The van der Waals surface area contributed by atoms with Gasteiger partial charge in [0.25, 0.3) is 11.8 Å². The summed E-state index contributed by atoms with van der Waals surface area (Å²) in [5.74, 6) is -1.59. The molecular formula is C25H32N2O4. The number of aryl methyl sites for hydroxylation is 3. The van der Waals surface area contributed by atoms with Gasteiger partial charge in [-0.1, -0.05) is 63.6 Å². The molecule has 0 unspecified atom stereocenters. The molecule has 2 aromatic rings. The number of ether oxygens (including phenoxy) is 1. The third-order valence-corrected chi connectivity index (χ3v) is 5.10. The van der Waals surface area contributed by atoms with Gasteiger partial charge in [0.15, 0.2) is 6.61 Å². The van der Waals surface area contributed by atoms with Gasteiger partial charge in [-0.05, 0) is 48.9 Å². The fourth-order valence-corrected chi connectivity index (χ4v) is 3.31. The molecule has 2 aromatic carbocycles. The second-order valence-corrected chi connectivity index (χ2v) is 7.88. The molecule has 0 heterocycles. The fourth-order valence-electron chi connectivity index (χ4n) is 3.31. The number of hydrogen-bond donors (Lipinski definition) is 2. The molecule has 6 nitrogen and oxygen atoms in total. The van der Waals surface area contributed by atoms with Crippen LogP contribution in [0.15, 0.2) is 42.5 Å². The Labute approximate surface area is 184 Å². The normalized spacial score (nSPS) is 11.7. The lowest BCUT2D eigenvalue weighted by atomic mass is 10.0. The van der Waals surface area contributed by atoms with Crippen LogP contribution in [0.3, 0.4) is 0 Å². The van der Waals surface area contributed by atoms with Crippen molar-refractivity contribution in [3.63, 3.8) is 0 Å². The van der Waals surface area contributed by atoms with Gasteiger partial charge < -0.3 is 15.4 Å². The highest BCUT2D eigenvalue weighted by atomic mass is 16.5. The van der Waals surface area contributed by atoms with Gasteiger partial charge in [0.05, 0.1) is 0 Å². The first-order valence-corrected chi connectivity index (χ1v) is 10.7. The van der Waals surface area contributed by atoms with Gasteiger partial charge in [-0.3, -0.25) is 9.59 Å². The van der Waals surface area contributed by atoms with Crippen molar-refractivity contribution in [1.82, 2.24) is 5.32 Å². The van der Waals surface area contributed by atoms with Crippen molar-refractivity contribution in [2.75, 3.05) is 11.9 Å². The number of carbonyl (C=O) groups excluding carboxylic acids is 3. The molecule has 0 spiro atoms. The third kappa shape index (κ3) is 6.67. The standard InChI is InChI=1S/C25H32N2O4/c1-6-18-11-9-12-19(7-2)23(18)26-21(28)15-31-25(30)22(16(3)4)27-24(29)20-13-8-10-17(5)14-20/h8-14,16,22H,6-7,15H2,1-5H3,(H,26,28)(H,27,29)/t22-/m0/s1. The summed E-state index contributed by atoms with van der Waals surface area (Å²) in [5, 5.41) is 5.60. The summed E-state index contributed by atoms with van der Waals surface area (Å²) in [7, 11) is 0. The quantitative estimate of drug-likeness (QED) is 0.595. The summed E-state index contributed by atoms with van der Waals surface area (Å²) < 4.78 is 5.24. The van der Waals surface area contributed by atoms with Crippen molar-refractivity contribution >= 4 is 23.5 Å². The first kappa shape index (κ1) is 24.1. The number of benzene rings is 2. The largest absolute Gasteiger partial charge is 0.454 e. The van der Waals surface area contributed by atoms with Crippen LogP contribution in [0.2, 0.25) is 0 Å². The molecule has 2 rings (SSSR count). The average Bonchev–Trinajstić information content (AvgIpc) is 2.75. The van der Waals surface area contributed by atoms with E-state index in [0.29, 0.717) is 5.56 Å². The van der Waals surface area contributed by atoms with E-state index in [9.17, 15) is 14.4 Å². The van der Waals surface area contributed by atoms with Crippen LogP contribution in [-0.2, 0) is 27.2 Å². The molecule has 0 saturated heterocycles. The van der Waals surface area contributed by atoms with Crippen molar-refractivity contribution in [2.45, 2.75) is 53.5 Å². The molecular weight excluding hydrogens is 392 g/mol. The smallest absolute Gasteiger partial charge is 0.329 e. The molecule has 0 aliphatic rings. The minimum atomic E-state index is -0.852. The van der Waals surface area contributed by atoms with Gasteiger partial charge in [-0.2, -0.15) is 0 Å². The van der Waals surface area contributed by atoms with E-state index in [-0.39, 0.29) is 11.8 Å². The van der Waals surface area contributed by atoms with Crippen LogP contribution in [-0.4, -0.2) is 30.4 Å². The summed E-state index contributed by atoms with van der Waals surface area (Å²) >= 11 is 0. The Morgan fingerprint density at radius 2 is 1.58 bits per heavy atom. The zero-order valence-corrected chi connectivity index (χ0v) is 19.0. The van der Waals surface area contributed by atoms with E-state index in [1.54, 1.807) is 18.2 Å². The van der Waals surface area contributed by atoms with Crippen LogP contribution >= 0.6 is 0 Å². The lowest BCUT2D eigenvalue weighted by molar-refractivity contribution is -0.150. The molecule has 0 bridgehead atoms. The highest BCUT2D eigenvalue weighted by Crippen LogP contribution is 2.22. The molecule has 0 aliphatic carbocycles. The predicted octanol–water partition coefficient (Wildman–Crippen LogP) is 4.06. The summed E-state index contributed by atoms with van der Waals surface area (Å²) in [6.07, 6.45) is 1.56. The molecule has 166 valence electrons. The van der Waals surface area contributed by atoms with Crippen LogP contribution < -0.4 is 10.6 Å². The van der Waals surface area contributed by atoms with Gasteiger partial charge >= 0.3 is 5.97 Å². The molecule has 0 aromatic heterocycles. The Hall–Kier alpha value is -3.15. The lowest BCUT2D eigenvalue weighted by Gasteiger charge is -2.21. The number of carbonyl (C=O) groups is 3. The van der Waals surface area contributed by atoms with E-state index in [0.717, 1.165) is 35.2 Å². The molecule has 6 heteroatoms. The molecule has 2 amide bonds. The molecule has 2 N–H and O–H groups in total. The number of nitrogens with one attached hydrogen (secondary N) is 2. The summed E-state index contributed by atoms with van der Waals surface area (Å²) in [4.78, 5) is 37.6. The highest BCUT2D eigenvalue weighted by Gasteiger charge is 2.27. The lowest BCUT2D eigenvalue weighted by Crippen LogP contribution is -2.46. The predicted molar refractivity (Wildman–Crippen MR) is 122 cm³/mol. The Morgan fingerprint density at radius 1 is 0.968 bits per heavy atom. The highest BCUT2D eigenvalue weighted by molar-refractivity contribution is 5.98. The number of esters is 1. The number of rotatable bonds is 9. The molecule has 0 aliphatic heterocycles. The average molecular weight is 425 g/mol. The van der Waals surface area contributed by atoms with Gasteiger partial charge in [-0.15, -0.1) is 0 Å². The summed E-state index contributed by atoms with van der Waals surface area (Å²) in [6, 6.07) is 12.2. The number of amides is 2. The maximum absolute atomic E-state index is 12.6. The zero-order chi connectivity index (χ0) is 23.0. The molecule has 31 heavy (non-hydrogen) atoms. The number of para-hydroxylation sites is 1. The monoisotopic (exact) mass is 424 g/mol. The number of hydrogen-bond acceptors (Lipinski definition) is 4. The minimum Gasteiger partial charge on any atom is -0.454 e. The van der Waals surface area contributed by atoms with E-state index < -0.39 is 24.5 Å². The van der Waals surface area contributed by atoms with E-state index in [4.69, 9.17) is 4.74 Å². The molecule has 0 radical (unpaired) electrons. The summed E-state index contributed by atoms with van der Waals surface area (Å²) in [6.45, 7) is 9.15. The van der Waals surface area contributed by atoms with E-state index in [1.807, 2.05) is 58.9 Å². The van der Waals surface area contributed by atoms with Crippen LogP contribution in [0.25, 0.3) is 0 Å². The van der Waals surface area contributed by atoms with Gasteiger partial charge in [-0.25, -0.2) is 4.79 Å². The Morgan fingerprint density at radius 3 is 2.13 bits per heavy atom. The van der Waals surface area contributed by atoms with Gasteiger partial charge in [0, 0.05) is 11.3 Å². The van der Waals surface area contributed by atoms with Crippen molar-refractivity contribution in [2.24, 2.45) is 5.92 Å². The molecule has 1 atom stereocenters. The minimum absolute atomic E-state index is 0.197. The van der Waals surface area contributed by atoms with Crippen molar-refractivity contribution in [3.05, 3.63) is 64.7 Å². The fraction of sp³-hybridized carbons (Fsp3) is 0.400. The Kier molecular flexibility index (Phi) is 8.79. The summed E-state index contributed by atoms with van der Waals surface area (Å²) in [5.41, 5.74) is 4.27. The number of anilines is 1. The van der Waals surface area contributed by atoms with Crippen molar-refractivity contribution in [3.8, 4) is 0 Å². The Balaban J connectivity index is 2.00. The van der Waals surface area contributed by atoms with Gasteiger partial charge in [0.2, 0.25) is 0 Å². The zero-order valence-electron chi connectivity index (χ0n) is 19.0.